The predicted octanol–water partition coefficient (Wildman–Crippen LogP) is 4.78. The number of benzene rings is 2. The minimum absolute atomic E-state index is 0.572. The first-order valence-electron chi connectivity index (χ1n) is 7.69. The fourth-order valence-electron chi connectivity index (χ4n) is 2.30. The van der Waals surface area contributed by atoms with E-state index >= 15 is 0 Å². The summed E-state index contributed by atoms with van der Waals surface area (Å²) in [6.45, 7) is 6.98. The minimum atomic E-state index is -0.814. The van der Waals surface area contributed by atoms with E-state index in [1.165, 1.54) is 12.1 Å². The molecule has 4 heteroatoms. The summed E-state index contributed by atoms with van der Waals surface area (Å²) in [5, 5.41) is 0. The minimum Gasteiger partial charge on any atom is -0.366 e. The molecule has 2 rings (SSSR count). The van der Waals surface area contributed by atoms with Gasteiger partial charge < -0.3 is 4.90 Å². The second-order valence-electron chi connectivity index (χ2n) is 5.81. The Bertz CT molecular complexity index is 724. The van der Waals surface area contributed by atoms with Crippen LogP contribution in [0, 0.1) is 25.5 Å². The molecule has 2 aromatic carbocycles. The van der Waals surface area contributed by atoms with E-state index in [0.717, 1.165) is 34.5 Å². The number of aliphatic imine (C=N–C) groups is 1. The number of hydrogen-bond donors (Lipinski definition) is 0. The molecule has 0 radical (unpaired) electrons. The highest BCUT2D eigenvalue weighted by atomic mass is 19.2. The first kappa shape index (κ1) is 17.1. The number of aryl methyl sites for hydroxylation is 2. The van der Waals surface area contributed by atoms with Crippen LogP contribution in [0.4, 0.5) is 14.5 Å². The molecule has 0 bridgehead atoms. The number of halogens is 2. The zero-order valence-corrected chi connectivity index (χ0v) is 14.0. The largest absolute Gasteiger partial charge is 0.366 e. The van der Waals surface area contributed by atoms with Crippen LogP contribution in [0.5, 0.6) is 0 Å². The van der Waals surface area contributed by atoms with E-state index in [2.05, 4.69) is 18.0 Å². The standard InChI is InChI=1S/C19H22F2N2/c1-5-23(4)12-22-19-9-13(2)16(8-14(19)3)10-15-6-7-17(20)18(21)11-15/h6-9,11-12H,5,10H2,1-4H3. The molecule has 0 atom stereocenters. The molecule has 0 heterocycles. The smallest absolute Gasteiger partial charge is 0.159 e. The van der Waals surface area contributed by atoms with Crippen LogP contribution in [0.25, 0.3) is 0 Å². The van der Waals surface area contributed by atoms with Crippen LogP contribution in [0.3, 0.4) is 0 Å². The van der Waals surface area contributed by atoms with Gasteiger partial charge in [0.05, 0.1) is 12.0 Å². The molecule has 0 aromatic heterocycles. The third kappa shape index (κ3) is 4.38. The van der Waals surface area contributed by atoms with E-state index in [1.807, 2.05) is 38.2 Å². The summed E-state index contributed by atoms with van der Waals surface area (Å²) in [6, 6.07) is 8.15. The van der Waals surface area contributed by atoms with Crippen LogP contribution < -0.4 is 0 Å². The summed E-state index contributed by atoms with van der Waals surface area (Å²) >= 11 is 0. The van der Waals surface area contributed by atoms with Crippen LogP contribution in [-0.4, -0.2) is 24.8 Å². The monoisotopic (exact) mass is 316 g/mol. The summed E-state index contributed by atoms with van der Waals surface area (Å²) < 4.78 is 26.4. The zero-order chi connectivity index (χ0) is 17.0. The summed E-state index contributed by atoms with van der Waals surface area (Å²) in [6.07, 6.45) is 2.39. The predicted molar refractivity (Wildman–Crippen MR) is 91.5 cm³/mol. The molecule has 2 aromatic rings. The van der Waals surface area contributed by atoms with Crippen LogP contribution >= 0.6 is 0 Å². The average Bonchev–Trinajstić information content (AvgIpc) is 2.52. The molecule has 0 aliphatic rings. The number of nitrogens with zero attached hydrogens (tertiary/aromatic N) is 2. The number of hydrogen-bond acceptors (Lipinski definition) is 1. The lowest BCUT2D eigenvalue weighted by molar-refractivity contribution is 0.507. The van der Waals surface area contributed by atoms with Gasteiger partial charge in [-0.25, -0.2) is 13.8 Å². The van der Waals surface area contributed by atoms with Crippen molar-refractivity contribution in [1.29, 1.82) is 0 Å². The molecule has 0 unspecified atom stereocenters. The summed E-state index contributed by atoms with van der Waals surface area (Å²) in [4.78, 5) is 6.51. The Hall–Kier alpha value is -2.23. The van der Waals surface area contributed by atoms with Crippen molar-refractivity contribution in [2.24, 2.45) is 4.99 Å². The van der Waals surface area contributed by atoms with Gasteiger partial charge >= 0.3 is 0 Å². The van der Waals surface area contributed by atoms with Crippen LogP contribution in [0.1, 0.15) is 29.2 Å². The van der Waals surface area contributed by atoms with Gasteiger partial charge in [0.1, 0.15) is 0 Å². The van der Waals surface area contributed by atoms with Crippen molar-refractivity contribution in [3.63, 3.8) is 0 Å². The molecule has 0 fully saturated rings. The highest BCUT2D eigenvalue weighted by molar-refractivity contribution is 5.64. The van der Waals surface area contributed by atoms with Crippen molar-refractivity contribution in [3.05, 3.63) is 64.2 Å². The summed E-state index contributed by atoms with van der Waals surface area (Å²) in [5.41, 5.74) is 4.93. The van der Waals surface area contributed by atoms with Gasteiger partial charge in [0.15, 0.2) is 11.6 Å². The molecule has 0 amide bonds. The van der Waals surface area contributed by atoms with E-state index in [-0.39, 0.29) is 0 Å². The number of rotatable bonds is 5. The molecule has 0 spiro atoms. The van der Waals surface area contributed by atoms with Gasteiger partial charge in [-0.3, -0.25) is 0 Å². The van der Waals surface area contributed by atoms with Crippen molar-refractivity contribution in [2.75, 3.05) is 13.6 Å². The van der Waals surface area contributed by atoms with Crippen LogP contribution in [-0.2, 0) is 6.42 Å². The lowest BCUT2D eigenvalue weighted by atomic mass is 9.97. The quantitative estimate of drug-likeness (QED) is 0.572. The second kappa shape index (κ2) is 7.36. The van der Waals surface area contributed by atoms with Crippen molar-refractivity contribution < 1.29 is 8.78 Å². The topological polar surface area (TPSA) is 15.6 Å². The van der Waals surface area contributed by atoms with Gasteiger partial charge in [-0.05, 0) is 67.6 Å². The maximum absolute atomic E-state index is 13.3. The molecule has 0 aliphatic carbocycles. The van der Waals surface area contributed by atoms with Gasteiger partial charge in [-0.15, -0.1) is 0 Å². The Balaban J connectivity index is 2.25. The highest BCUT2D eigenvalue weighted by Crippen LogP contribution is 2.25. The third-order valence-electron chi connectivity index (χ3n) is 3.93. The fourth-order valence-corrected chi connectivity index (χ4v) is 2.30. The normalized spacial score (nSPS) is 11.2. The van der Waals surface area contributed by atoms with E-state index in [1.54, 1.807) is 6.07 Å². The van der Waals surface area contributed by atoms with E-state index in [9.17, 15) is 8.78 Å². The molecule has 122 valence electrons. The maximum Gasteiger partial charge on any atom is 0.159 e. The lowest BCUT2D eigenvalue weighted by Crippen LogP contribution is -2.14. The van der Waals surface area contributed by atoms with Crippen molar-refractivity contribution in [1.82, 2.24) is 4.90 Å². The van der Waals surface area contributed by atoms with Gasteiger partial charge in [0.2, 0.25) is 0 Å². The van der Waals surface area contributed by atoms with Crippen molar-refractivity contribution >= 4 is 12.0 Å². The SMILES string of the molecule is CCN(C)C=Nc1cc(C)c(Cc2ccc(F)c(F)c2)cc1C. The third-order valence-corrected chi connectivity index (χ3v) is 3.93. The molecule has 0 saturated heterocycles. The molecule has 0 N–H and O–H groups in total. The van der Waals surface area contributed by atoms with Crippen LogP contribution in [0.15, 0.2) is 35.3 Å². The summed E-state index contributed by atoms with van der Waals surface area (Å²) in [7, 11) is 1.98. The van der Waals surface area contributed by atoms with Crippen molar-refractivity contribution in [2.45, 2.75) is 27.2 Å². The van der Waals surface area contributed by atoms with Gasteiger partial charge in [0, 0.05) is 13.6 Å². The van der Waals surface area contributed by atoms with Gasteiger partial charge in [-0.1, -0.05) is 12.1 Å². The Morgan fingerprint density at radius 2 is 1.78 bits per heavy atom. The maximum atomic E-state index is 13.3. The Kier molecular flexibility index (Phi) is 5.48. The lowest BCUT2D eigenvalue weighted by Gasteiger charge is -2.12. The van der Waals surface area contributed by atoms with E-state index in [0.29, 0.717) is 6.42 Å². The highest BCUT2D eigenvalue weighted by Gasteiger charge is 2.07. The fraction of sp³-hybridized carbons (Fsp3) is 0.316. The molecule has 0 aliphatic heterocycles. The molecule has 2 nitrogen and oxygen atoms in total. The van der Waals surface area contributed by atoms with E-state index < -0.39 is 11.6 Å². The Labute approximate surface area is 136 Å². The molecule has 0 saturated carbocycles. The van der Waals surface area contributed by atoms with E-state index in [4.69, 9.17) is 0 Å². The van der Waals surface area contributed by atoms with Gasteiger partial charge in [0.25, 0.3) is 0 Å². The first-order valence-corrected chi connectivity index (χ1v) is 7.69. The Morgan fingerprint density at radius 1 is 1.04 bits per heavy atom. The first-order chi connectivity index (χ1) is 10.9. The molecular weight excluding hydrogens is 294 g/mol. The van der Waals surface area contributed by atoms with Crippen molar-refractivity contribution in [3.8, 4) is 0 Å². The average molecular weight is 316 g/mol. The van der Waals surface area contributed by atoms with Crippen LogP contribution in [0.2, 0.25) is 0 Å². The molecule has 23 heavy (non-hydrogen) atoms. The summed E-state index contributed by atoms with van der Waals surface area (Å²) in [5.74, 6) is -1.62. The Morgan fingerprint density at radius 3 is 2.43 bits per heavy atom. The second-order valence-corrected chi connectivity index (χ2v) is 5.81. The zero-order valence-electron chi connectivity index (χ0n) is 14.0. The van der Waals surface area contributed by atoms with Gasteiger partial charge in [-0.2, -0.15) is 0 Å². The molecular formula is C19H22F2N2.